The largest absolute Gasteiger partial charge is 0.379 e. The van der Waals surface area contributed by atoms with Gasteiger partial charge in [0.05, 0.1) is 35.0 Å². The molecule has 158 valence electrons. The average molecular weight is 467 g/mol. The van der Waals surface area contributed by atoms with Crippen molar-refractivity contribution in [2.75, 3.05) is 37.4 Å². The number of nitrogens with zero attached hydrogens (tertiary/aromatic N) is 2. The van der Waals surface area contributed by atoms with Crippen LogP contribution in [0.5, 0.6) is 0 Å². The Kier molecular flexibility index (Phi) is 6.30. The number of fused-ring (bicyclic) bond motifs is 1. The predicted molar refractivity (Wildman–Crippen MR) is 116 cm³/mol. The molecule has 2 aromatic carbocycles. The van der Waals surface area contributed by atoms with E-state index in [0.29, 0.717) is 24.1 Å². The van der Waals surface area contributed by atoms with Crippen molar-refractivity contribution in [1.82, 2.24) is 14.3 Å². The maximum Gasteiger partial charge on any atom is 0.244 e. The summed E-state index contributed by atoms with van der Waals surface area (Å²) in [5.41, 5.74) is 2.09. The first-order valence-electron chi connectivity index (χ1n) is 9.18. The highest BCUT2D eigenvalue weighted by molar-refractivity contribution is 7.99. The Morgan fingerprint density at radius 1 is 1.23 bits per heavy atom. The monoisotopic (exact) mass is 466 g/mol. The molecular weight excluding hydrogens is 448 g/mol. The van der Waals surface area contributed by atoms with Crippen molar-refractivity contribution in [3.05, 3.63) is 47.5 Å². The van der Waals surface area contributed by atoms with Gasteiger partial charge in [0, 0.05) is 18.8 Å². The molecule has 30 heavy (non-hydrogen) atoms. The molecule has 2 N–H and O–H groups in total. The second-order valence-electron chi connectivity index (χ2n) is 6.56. The number of aromatic amines is 1. The van der Waals surface area contributed by atoms with E-state index in [2.05, 4.69) is 15.3 Å². The van der Waals surface area contributed by atoms with Gasteiger partial charge in [0.1, 0.15) is 4.90 Å². The normalized spacial score (nSPS) is 15.4. The van der Waals surface area contributed by atoms with E-state index in [1.165, 1.54) is 28.2 Å². The molecule has 1 aromatic heterocycles. The van der Waals surface area contributed by atoms with Crippen LogP contribution in [0.15, 0.2) is 52.5 Å². The molecule has 0 saturated carbocycles. The van der Waals surface area contributed by atoms with E-state index in [1.54, 1.807) is 6.07 Å². The lowest BCUT2D eigenvalue weighted by Crippen LogP contribution is -2.40. The standard InChI is InChI=1S/C19H19ClN4O4S2/c20-14-6-5-13(11-17(14)30(26,27)24-7-9-28-10-8-24)21-18(25)12-29-19-22-15-3-1-2-4-16(15)23-19/h1-6,11H,7-10,12H2,(H,21,25)(H,22,23). The lowest BCUT2D eigenvalue weighted by Gasteiger charge is -2.26. The minimum Gasteiger partial charge on any atom is -0.379 e. The molecule has 0 unspecified atom stereocenters. The van der Waals surface area contributed by atoms with E-state index in [4.69, 9.17) is 16.3 Å². The summed E-state index contributed by atoms with van der Waals surface area (Å²) >= 11 is 7.41. The first kappa shape index (κ1) is 21.1. The Morgan fingerprint density at radius 3 is 2.77 bits per heavy atom. The Balaban J connectivity index is 1.44. The number of thioether (sulfide) groups is 1. The highest BCUT2D eigenvalue weighted by atomic mass is 35.5. The number of ether oxygens (including phenoxy) is 1. The van der Waals surface area contributed by atoms with Crippen LogP contribution in [-0.2, 0) is 19.6 Å². The Bertz CT molecular complexity index is 1140. The lowest BCUT2D eigenvalue weighted by molar-refractivity contribution is -0.113. The number of imidazole rings is 1. The van der Waals surface area contributed by atoms with Gasteiger partial charge in [0.15, 0.2) is 5.16 Å². The number of amides is 1. The van der Waals surface area contributed by atoms with Crippen molar-refractivity contribution in [2.24, 2.45) is 0 Å². The molecule has 0 atom stereocenters. The smallest absolute Gasteiger partial charge is 0.244 e. The third kappa shape index (κ3) is 4.62. The SMILES string of the molecule is O=C(CSc1nc2ccccc2[nH]1)Nc1ccc(Cl)c(S(=O)(=O)N2CCOCC2)c1. The molecular formula is C19H19ClN4O4S2. The predicted octanol–water partition coefficient (Wildman–Crippen LogP) is 2.97. The van der Waals surface area contributed by atoms with Gasteiger partial charge < -0.3 is 15.0 Å². The number of aromatic nitrogens is 2. The second kappa shape index (κ2) is 8.94. The van der Waals surface area contributed by atoms with Crippen molar-refractivity contribution in [2.45, 2.75) is 10.1 Å². The van der Waals surface area contributed by atoms with Gasteiger partial charge in [-0.15, -0.1) is 0 Å². The number of benzene rings is 2. The van der Waals surface area contributed by atoms with Crippen molar-refractivity contribution in [1.29, 1.82) is 0 Å². The van der Waals surface area contributed by atoms with Crippen molar-refractivity contribution in [3.63, 3.8) is 0 Å². The van der Waals surface area contributed by atoms with E-state index < -0.39 is 10.0 Å². The fourth-order valence-corrected chi connectivity index (χ4v) is 5.63. The number of rotatable bonds is 6. The Morgan fingerprint density at radius 2 is 2.00 bits per heavy atom. The maximum absolute atomic E-state index is 12.9. The minimum absolute atomic E-state index is 0.0335. The number of para-hydroxylation sites is 2. The topological polar surface area (TPSA) is 104 Å². The zero-order chi connectivity index (χ0) is 21.1. The van der Waals surface area contributed by atoms with Crippen LogP contribution in [0.25, 0.3) is 11.0 Å². The zero-order valence-electron chi connectivity index (χ0n) is 15.8. The molecule has 0 aliphatic carbocycles. The van der Waals surface area contributed by atoms with Crippen LogP contribution in [0.3, 0.4) is 0 Å². The average Bonchev–Trinajstić information content (AvgIpc) is 3.17. The lowest BCUT2D eigenvalue weighted by atomic mass is 10.3. The summed E-state index contributed by atoms with van der Waals surface area (Å²) in [6.45, 7) is 1.21. The quantitative estimate of drug-likeness (QED) is 0.541. The Hall–Kier alpha value is -2.11. The third-order valence-electron chi connectivity index (χ3n) is 4.51. The van der Waals surface area contributed by atoms with Gasteiger partial charge >= 0.3 is 0 Å². The molecule has 2 heterocycles. The van der Waals surface area contributed by atoms with Crippen LogP contribution in [-0.4, -0.2) is 60.7 Å². The number of halogens is 1. The summed E-state index contributed by atoms with van der Waals surface area (Å²) in [5, 5.41) is 3.47. The zero-order valence-corrected chi connectivity index (χ0v) is 18.2. The van der Waals surface area contributed by atoms with Crippen LogP contribution >= 0.6 is 23.4 Å². The summed E-state index contributed by atoms with van der Waals surface area (Å²) in [6.07, 6.45) is 0. The number of nitrogens with one attached hydrogen (secondary N) is 2. The van der Waals surface area contributed by atoms with Crippen LogP contribution in [0, 0.1) is 0 Å². The molecule has 1 aliphatic heterocycles. The van der Waals surface area contributed by atoms with Gasteiger partial charge in [0.2, 0.25) is 15.9 Å². The molecule has 3 aromatic rings. The van der Waals surface area contributed by atoms with Crippen LogP contribution < -0.4 is 5.32 Å². The molecule has 0 spiro atoms. The summed E-state index contributed by atoms with van der Waals surface area (Å²) in [6, 6.07) is 12.0. The number of H-pyrrole nitrogens is 1. The van der Waals surface area contributed by atoms with Crippen molar-refractivity contribution >= 4 is 56.0 Å². The first-order valence-corrected chi connectivity index (χ1v) is 12.0. The van der Waals surface area contributed by atoms with Crippen LogP contribution in [0.4, 0.5) is 5.69 Å². The third-order valence-corrected chi connectivity index (χ3v) is 7.76. The summed E-state index contributed by atoms with van der Waals surface area (Å²) in [4.78, 5) is 19.9. The van der Waals surface area contributed by atoms with E-state index in [1.807, 2.05) is 24.3 Å². The van der Waals surface area contributed by atoms with E-state index in [0.717, 1.165) is 11.0 Å². The summed E-state index contributed by atoms with van der Waals surface area (Å²) in [7, 11) is -3.77. The summed E-state index contributed by atoms with van der Waals surface area (Å²) < 4.78 is 32.3. The molecule has 1 amide bonds. The number of hydrogen-bond acceptors (Lipinski definition) is 6. The number of hydrogen-bond donors (Lipinski definition) is 2. The molecule has 0 radical (unpaired) electrons. The van der Waals surface area contributed by atoms with E-state index in [-0.39, 0.29) is 34.7 Å². The van der Waals surface area contributed by atoms with Gasteiger partial charge in [-0.2, -0.15) is 4.31 Å². The number of anilines is 1. The molecule has 4 rings (SSSR count). The summed E-state index contributed by atoms with van der Waals surface area (Å²) in [5.74, 6) is -0.161. The van der Waals surface area contributed by atoms with Gasteiger partial charge in [0.25, 0.3) is 0 Å². The molecule has 11 heteroatoms. The van der Waals surface area contributed by atoms with Gasteiger partial charge in [-0.05, 0) is 30.3 Å². The molecule has 1 saturated heterocycles. The number of carbonyl (C=O) groups is 1. The number of sulfonamides is 1. The highest BCUT2D eigenvalue weighted by Gasteiger charge is 2.28. The fraction of sp³-hybridized carbons (Fsp3) is 0.263. The second-order valence-corrected chi connectivity index (χ2v) is 9.84. The maximum atomic E-state index is 12.9. The highest BCUT2D eigenvalue weighted by Crippen LogP contribution is 2.28. The van der Waals surface area contributed by atoms with E-state index >= 15 is 0 Å². The van der Waals surface area contributed by atoms with Crippen molar-refractivity contribution in [3.8, 4) is 0 Å². The number of carbonyl (C=O) groups excluding carboxylic acids is 1. The molecule has 1 fully saturated rings. The van der Waals surface area contributed by atoms with Gasteiger partial charge in [-0.3, -0.25) is 4.79 Å². The van der Waals surface area contributed by atoms with Crippen molar-refractivity contribution < 1.29 is 17.9 Å². The van der Waals surface area contributed by atoms with Gasteiger partial charge in [-0.25, -0.2) is 13.4 Å². The molecule has 0 bridgehead atoms. The first-order chi connectivity index (χ1) is 14.4. The van der Waals surface area contributed by atoms with Gasteiger partial charge in [-0.1, -0.05) is 35.5 Å². The number of morpholine rings is 1. The molecule has 8 nitrogen and oxygen atoms in total. The fourth-order valence-electron chi connectivity index (χ4n) is 3.03. The minimum atomic E-state index is -3.77. The van der Waals surface area contributed by atoms with Crippen LogP contribution in [0.1, 0.15) is 0 Å². The molecule has 1 aliphatic rings. The van der Waals surface area contributed by atoms with Crippen LogP contribution in [0.2, 0.25) is 5.02 Å². The Labute approximate surface area is 183 Å². The van der Waals surface area contributed by atoms with E-state index in [9.17, 15) is 13.2 Å².